The van der Waals surface area contributed by atoms with Crippen LogP contribution in [0.4, 0.5) is 5.13 Å². The van der Waals surface area contributed by atoms with Crippen molar-refractivity contribution in [1.29, 1.82) is 0 Å². The molecule has 28 heavy (non-hydrogen) atoms. The third-order valence-corrected chi connectivity index (χ3v) is 6.79. The molecule has 1 aromatic carbocycles. The number of hydrogen-bond acceptors (Lipinski definition) is 5. The van der Waals surface area contributed by atoms with Crippen LogP contribution in [0.25, 0.3) is 10.2 Å². The largest absolute Gasteiger partial charge is 0.356 e. The van der Waals surface area contributed by atoms with Crippen LogP contribution in [0.15, 0.2) is 12.1 Å². The lowest BCUT2D eigenvalue weighted by Gasteiger charge is -2.31. The number of aromatic nitrogens is 1. The molecule has 1 aliphatic heterocycles. The Balaban J connectivity index is 1.56. The standard InChI is InChI=1S/C22H34N4OS/c1-5-25(6-2)11-8-10-23-21(27)18-9-7-12-26(15-18)22-24-20-17(4)13-16(3)14-19(20)28-22/h13-14,18H,5-12,15H2,1-4H3,(H,23,27). The van der Waals surface area contributed by atoms with Gasteiger partial charge in [0.15, 0.2) is 5.13 Å². The lowest BCUT2D eigenvalue weighted by molar-refractivity contribution is -0.125. The highest BCUT2D eigenvalue weighted by Crippen LogP contribution is 2.33. The summed E-state index contributed by atoms with van der Waals surface area (Å²) in [5, 5.41) is 4.22. The molecule has 0 saturated carbocycles. The third-order valence-electron chi connectivity index (χ3n) is 5.73. The second-order valence-corrected chi connectivity index (χ2v) is 8.89. The van der Waals surface area contributed by atoms with Crippen molar-refractivity contribution in [2.24, 2.45) is 5.92 Å². The molecule has 0 aliphatic carbocycles. The molecule has 0 bridgehead atoms. The van der Waals surface area contributed by atoms with Crippen LogP contribution < -0.4 is 10.2 Å². The van der Waals surface area contributed by atoms with Crippen molar-refractivity contribution in [2.75, 3.05) is 44.2 Å². The number of nitrogens with zero attached hydrogens (tertiary/aromatic N) is 3. The monoisotopic (exact) mass is 402 g/mol. The zero-order valence-electron chi connectivity index (χ0n) is 17.8. The van der Waals surface area contributed by atoms with E-state index in [4.69, 9.17) is 4.98 Å². The van der Waals surface area contributed by atoms with Crippen LogP contribution in [0, 0.1) is 19.8 Å². The minimum Gasteiger partial charge on any atom is -0.356 e. The smallest absolute Gasteiger partial charge is 0.224 e. The van der Waals surface area contributed by atoms with E-state index in [1.165, 1.54) is 15.8 Å². The second kappa shape index (κ2) is 9.70. The quantitative estimate of drug-likeness (QED) is 0.679. The Bertz CT molecular complexity index is 799. The topological polar surface area (TPSA) is 48.5 Å². The van der Waals surface area contributed by atoms with Crippen LogP contribution in [0.2, 0.25) is 0 Å². The Hall–Kier alpha value is -1.66. The summed E-state index contributed by atoms with van der Waals surface area (Å²) in [7, 11) is 0. The Morgan fingerprint density at radius 1 is 1.32 bits per heavy atom. The number of amides is 1. The Morgan fingerprint density at radius 3 is 2.86 bits per heavy atom. The molecular formula is C22H34N4OS. The summed E-state index contributed by atoms with van der Waals surface area (Å²) in [5.41, 5.74) is 3.62. The van der Waals surface area contributed by atoms with Crippen LogP contribution in [0.3, 0.4) is 0 Å². The van der Waals surface area contributed by atoms with Crippen LogP contribution in [-0.2, 0) is 4.79 Å². The van der Waals surface area contributed by atoms with E-state index >= 15 is 0 Å². The van der Waals surface area contributed by atoms with Gasteiger partial charge >= 0.3 is 0 Å². The highest BCUT2D eigenvalue weighted by Gasteiger charge is 2.27. The first-order valence-electron chi connectivity index (χ1n) is 10.6. The maximum absolute atomic E-state index is 12.7. The number of fused-ring (bicyclic) bond motifs is 1. The van der Waals surface area contributed by atoms with E-state index in [2.05, 4.69) is 54.9 Å². The van der Waals surface area contributed by atoms with Crippen LogP contribution in [0.1, 0.15) is 44.2 Å². The van der Waals surface area contributed by atoms with Crippen molar-refractivity contribution < 1.29 is 4.79 Å². The molecular weight excluding hydrogens is 368 g/mol. The van der Waals surface area contributed by atoms with Gasteiger partial charge in [-0.15, -0.1) is 0 Å². The van der Waals surface area contributed by atoms with Crippen LogP contribution in [0.5, 0.6) is 0 Å². The summed E-state index contributed by atoms with van der Waals surface area (Å²) < 4.78 is 1.25. The number of nitrogens with one attached hydrogen (secondary N) is 1. The predicted molar refractivity (Wildman–Crippen MR) is 119 cm³/mol. The van der Waals surface area contributed by atoms with Crippen molar-refractivity contribution in [2.45, 2.75) is 47.0 Å². The van der Waals surface area contributed by atoms with Gasteiger partial charge in [-0.25, -0.2) is 4.98 Å². The number of thiazole rings is 1. The van der Waals surface area contributed by atoms with E-state index in [0.717, 1.165) is 69.2 Å². The fraction of sp³-hybridized carbons (Fsp3) is 0.636. The van der Waals surface area contributed by atoms with Gasteiger partial charge in [0.1, 0.15) is 0 Å². The number of piperidine rings is 1. The summed E-state index contributed by atoms with van der Waals surface area (Å²) in [5.74, 6) is 0.273. The number of rotatable bonds is 8. The Kier molecular flexibility index (Phi) is 7.30. The molecule has 0 radical (unpaired) electrons. The van der Waals surface area contributed by atoms with E-state index in [0.29, 0.717) is 0 Å². The maximum Gasteiger partial charge on any atom is 0.224 e. The molecule has 3 rings (SSSR count). The molecule has 5 nitrogen and oxygen atoms in total. The molecule has 1 fully saturated rings. The minimum absolute atomic E-state index is 0.0667. The van der Waals surface area contributed by atoms with Gasteiger partial charge in [-0.2, -0.15) is 0 Å². The minimum atomic E-state index is 0.0667. The van der Waals surface area contributed by atoms with Crippen molar-refractivity contribution in [3.8, 4) is 0 Å². The first-order valence-corrected chi connectivity index (χ1v) is 11.5. The third kappa shape index (κ3) is 5.03. The fourth-order valence-electron chi connectivity index (χ4n) is 4.06. The van der Waals surface area contributed by atoms with E-state index in [1.54, 1.807) is 11.3 Å². The second-order valence-electron chi connectivity index (χ2n) is 7.88. The fourth-order valence-corrected chi connectivity index (χ4v) is 5.23. The van der Waals surface area contributed by atoms with Crippen molar-refractivity contribution in [1.82, 2.24) is 15.2 Å². The van der Waals surface area contributed by atoms with Crippen molar-refractivity contribution in [3.05, 3.63) is 23.3 Å². The molecule has 1 aromatic heterocycles. The van der Waals surface area contributed by atoms with Gasteiger partial charge in [-0.3, -0.25) is 4.79 Å². The first kappa shape index (κ1) is 21.1. The summed E-state index contributed by atoms with van der Waals surface area (Å²) >= 11 is 1.75. The number of benzene rings is 1. The van der Waals surface area contributed by atoms with Gasteiger partial charge in [-0.1, -0.05) is 31.3 Å². The van der Waals surface area contributed by atoms with Gasteiger partial charge in [0.2, 0.25) is 5.91 Å². The predicted octanol–water partition coefficient (Wildman–Crippen LogP) is 3.98. The van der Waals surface area contributed by atoms with E-state index in [-0.39, 0.29) is 11.8 Å². The molecule has 154 valence electrons. The van der Waals surface area contributed by atoms with Gasteiger partial charge in [0.05, 0.1) is 16.1 Å². The Labute approximate surface area is 173 Å². The van der Waals surface area contributed by atoms with E-state index < -0.39 is 0 Å². The zero-order valence-corrected chi connectivity index (χ0v) is 18.6. The molecule has 0 spiro atoms. The number of hydrogen-bond donors (Lipinski definition) is 1. The van der Waals surface area contributed by atoms with E-state index in [9.17, 15) is 4.79 Å². The number of carbonyl (C=O) groups excluding carboxylic acids is 1. The summed E-state index contributed by atoms with van der Waals surface area (Å²) in [6.07, 6.45) is 3.03. The maximum atomic E-state index is 12.7. The lowest BCUT2D eigenvalue weighted by Crippen LogP contribution is -2.43. The summed E-state index contributed by atoms with van der Waals surface area (Å²) in [6, 6.07) is 4.41. The molecule has 2 aromatic rings. The first-order chi connectivity index (χ1) is 13.5. The summed E-state index contributed by atoms with van der Waals surface area (Å²) in [6.45, 7) is 14.4. The highest BCUT2D eigenvalue weighted by atomic mass is 32.1. The van der Waals surface area contributed by atoms with Crippen molar-refractivity contribution in [3.63, 3.8) is 0 Å². The van der Waals surface area contributed by atoms with Gasteiger partial charge in [-0.05, 0) is 69.9 Å². The Morgan fingerprint density at radius 2 is 2.11 bits per heavy atom. The molecule has 1 atom stereocenters. The number of carbonyl (C=O) groups is 1. The molecule has 1 amide bonds. The van der Waals surface area contributed by atoms with Crippen LogP contribution in [-0.4, -0.2) is 55.1 Å². The van der Waals surface area contributed by atoms with Gasteiger partial charge in [0, 0.05) is 19.6 Å². The van der Waals surface area contributed by atoms with Gasteiger partial charge in [0.25, 0.3) is 0 Å². The highest BCUT2D eigenvalue weighted by molar-refractivity contribution is 7.22. The molecule has 1 N–H and O–H groups in total. The van der Waals surface area contributed by atoms with Crippen molar-refractivity contribution >= 4 is 32.6 Å². The summed E-state index contributed by atoms with van der Waals surface area (Å²) in [4.78, 5) is 22.3. The SMILES string of the molecule is CCN(CC)CCCNC(=O)C1CCCN(c2nc3c(C)cc(C)cc3s2)C1. The average Bonchev–Trinajstić information content (AvgIpc) is 3.12. The average molecular weight is 403 g/mol. The molecule has 6 heteroatoms. The normalized spacial score (nSPS) is 17.5. The number of aryl methyl sites for hydroxylation is 2. The zero-order chi connectivity index (χ0) is 20.1. The molecule has 1 unspecified atom stereocenters. The lowest BCUT2D eigenvalue weighted by atomic mass is 9.97. The van der Waals surface area contributed by atoms with Crippen LogP contribution >= 0.6 is 11.3 Å². The number of anilines is 1. The molecule has 1 saturated heterocycles. The molecule has 1 aliphatic rings. The van der Waals surface area contributed by atoms with E-state index in [1.807, 2.05) is 0 Å². The molecule has 2 heterocycles. The van der Waals surface area contributed by atoms with Gasteiger partial charge < -0.3 is 15.1 Å².